The lowest BCUT2D eigenvalue weighted by Gasteiger charge is -2.18. The molecule has 0 bridgehead atoms. The van der Waals surface area contributed by atoms with Gasteiger partial charge in [-0.25, -0.2) is 0 Å². The molecule has 1 aromatic carbocycles. The van der Waals surface area contributed by atoms with Crippen LogP contribution in [0.5, 0.6) is 0 Å². The molecule has 0 aliphatic carbocycles. The molecule has 3 heteroatoms. The molecule has 96 valence electrons. The van der Waals surface area contributed by atoms with E-state index in [1.165, 1.54) is 11.3 Å². The van der Waals surface area contributed by atoms with E-state index in [2.05, 4.69) is 28.1 Å². The van der Waals surface area contributed by atoms with Crippen LogP contribution in [-0.2, 0) is 13.6 Å². The normalized spacial score (nSPS) is 12.6. The first-order chi connectivity index (χ1) is 8.81. The van der Waals surface area contributed by atoms with Gasteiger partial charge in [0.15, 0.2) is 0 Å². The number of benzene rings is 1. The molecule has 0 aliphatic rings. The zero-order chi connectivity index (χ0) is 12.8. The average Bonchev–Trinajstić information content (AvgIpc) is 2.81. The van der Waals surface area contributed by atoms with Crippen LogP contribution >= 0.6 is 0 Å². The van der Waals surface area contributed by atoms with Crippen LogP contribution in [-0.4, -0.2) is 16.3 Å². The van der Waals surface area contributed by atoms with Crippen molar-refractivity contribution >= 4 is 0 Å². The van der Waals surface area contributed by atoms with E-state index in [0.29, 0.717) is 0 Å². The van der Waals surface area contributed by atoms with Gasteiger partial charge in [0, 0.05) is 38.1 Å². The minimum atomic E-state index is 0.194. The fourth-order valence-electron chi connectivity index (χ4n) is 2.11. The highest BCUT2D eigenvalue weighted by Crippen LogP contribution is 2.16. The molecule has 2 N–H and O–H groups in total. The van der Waals surface area contributed by atoms with Crippen LogP contribution in [0.3, 0.4) is 0 Å². The fourth-order valence-corrected chi connectivity index (χ4v) is 2.11. The van der Waals surface area contributed by atoms with Crippen molar-refractivity contribution in [3.8, 4) is 0 Å². The van der Waals surface area contributed by atoms with Gasteiger partial charge in [0.2, 0.25) is 0 Å². The molecule has 0 aliphatic heterocycles. The molecule has 0 amide bonds. The van der Waals surface area contributed by atoms with Gasteiger partial charge in [-0.05, 0) is 24.1 Å². The van der Waals surface area contributed by atoms with Crippen LogP contribution in [0.15, 0.2) is 48.7 Å². The molecule has 3 nitrogen and oxygen atoms in total. The molecule has 0 saturated carbocycles. The zero-order valence-electron chi connectivity index (χ0n) is 10.7. The van der Waals surface area contributed by atoms with E-state index in [-0.39, 0.29) is 12.6 Å². The van der Waals surface area contributed by atoms with Gasteiger partial charge in [0.1, 0.15) is 0 Å². The molecular formula is C15H20N2O. The number of aliphatic hydroxyl groups is 1. The number of hydrogen-bond acceptors (Lipinski definition) is 2. The second-order valence-electron chi connectivity index (χ2n) is 4.47. The third-order valence-corrected chi connectivity index (χ3v) is 3.20. The predicted octanol–water partition coefficient (Wildman–Crippen LogP) is 2.24. The van der Waals surface area contributed by atoms with E-state index in [1.54, 1.807) is 0 Å². The SMILES string of the molecule is Cn1cccc1CNC(CCO)c1ccccc1. The number of aliphatic hydroxyl groups excluding tert-OH is 1. The molecule has 1 aromatic heterocycles. The molecule has 1 heterocycles. The van der Waals surface area contributed by atoms with Gasteiger partial charge in [-0.15, -0.1) is 0 Å². The number of nitrogens with zero attached hydrogens (tertiary/aromatic N) is 1. The maximum atomic E-state index is 9.16. The highest BCUT2D eigenvalue weighted by molar-refractivity contribution is 5.19. The van der Waals surface area contributed by atoms with Crippen molar-refractivity contribution in [2.75, 3.05) is 6.61 Å². The summed E-state index contributed by atoms with van der Waals surface area (Å²) < 4.78 is 2.11. The number of rotatable bonds is 6. The molecule has 18 heavy (non-hydrogen) atoms. The lowest BCUT2D eigenvalue weighted by atomic mass is 10.0. The van der Waals surface area contributed by atoms with E-state index in [1.807, 2.05) is 37.5 Å². The number of hydrogen-bond donors (Lipinski definition) is 2. The zero-order valence-corrected chi connectivity index (χ0v) is 10.7. The van der Waals surface area contributed by atoms with E-state index >= 15 is 0 Å². The van der Waals surface area contributed by atoms with Gasteiger partial charge in [-0.3, -0.25) is 0 Å². The summed E-state index contributed by atoms with van der Waals surface area (Å²) in [4.78, 5) is 0. The smallest absolute Gasteiger partial charge is 0.0449 e. The Morgan fingerprint density at radius 2 is 1.94 bits per heavy atom. The molecule has 1 atom stereocenters. The van der Waals surface area contributed by atoms with E-state index in [9.17, 15) is 0 Å². The Balaban J connectivity index is 2.01. The summed E-state index contributed by atoms with van der Waals surface area (Å²) in [5.74, 6) is 0. The first kappa shape index (κ1) is 12.9. The van der Waals surface area contributed by atoms with Crippen molar-refractivity contribution < 1.29 is 5.11 Å². The summed E-state index contributed by atoms with van der Waals surface area (Å²) in [5, 5.41) is 12.7. The molecule has 0 fully saturated rings. The van der Waals surface area contributed by atoms with Crippen LogP contribution in [0.4, 0.5) is 0 Å². The monoisotopic (exact) mass is 244 g/mol. The number of nitrogens with one attached hydrogen (secondary N) is 1. The molecule has 2 aromatic rings. The summed E-state index contributed by atoms with van der Waals surface area (Å²) in [7, 11) is 2.04. The lowest BCUT2D eigenvalue weighted by Crippen LogP contribution is -2.23. The Bertz CT molecular complexity index is 464. The van der Waals surface area contributed by atoms with Crippen LogP contribution < -0.4 is 5.32 Å². The second-order valence-corrected chi connectivity index (χ2v) is 4.47. The molecule has 0 spiro atoms. The Morgan fingerprint density at radius 3 is 2.56 bits per heavy atom. The Hall–Kier alpha value is -1.58. The summed E-state index contributed by atoms with van der Waals surface area (Å²) in [6, 6.07) is 14.6. The highest BCUT2D eigenvalue weighted by atomic mass is 16.3. The van der Waals surface area contributed by atoms with Gasteiger partial charge in [0.25, 0.3) is 0 Å². The van der Waals surface area contributed by atoms with Crippen molar-refractivity contribution in [2.45, 2.75) is 19.0 Å². The van der Waals surface area contributed by atoms with Gasteiger partial charge < -0.3 is 15.0 Å². The van der Waals surface area contributed by atoms with Crippen molar-refractivity contribution in [1.29, 1.82) is 0 Å². The molecule has 0 saturated heterocycles. The first-order valence-electron chi connectivity index (χ1n) is 6.30. The molecule has 2 rings (SSSR count). The van der Waals surface area contributed by atoms with Crippen molar-refractivity contribution in [1.82, 2.24) is 9.88 Å². The maximum Gasteiger partial charge on any atom is 0.0449 e. The molecular weight excluding hydrogens is 224 g/mol. The van der Waals surface area contributed by atoms with Crippen molar-refractivity contribution in [3.05, 3.63) is 59.9 Å². The van der Waals surface area contributed by atoms with Crippen LogP contribution in [0, 0.1) is 0 Å². The van der Waals surface area contributed by atoms with Crippen molar-refractivity contribution in [2.24, 2.45) is 7.05 Å². The highest BCUT2D eigenvalue weighted by Gasteiger charge is 2.10. The quantitative estimate of drug-likeness (QED) is 0.817. The number of aryl methyl sites for hydroxylation is 1. The Kier molecular flexibility index (Phi) is 4.56. The molecule has 1 unspecified atom stereocenters. The minimum Gasteiger partial charge on any atom is -0.396 e. The Morgan fingerprint density at radius 1 is 1.17 bits per heavy atom. The number of aromatic nitrogens is 1. The van der Waals surface area contributed by atoms with Gasteiger partial charge in [0.05, 0.1) is 0 Å². The fraction of sp³-hybridized carbons (Fsp3) is 0.333. The summed E-state index contributed by atoms with van der Waals surface area (Å²) in [6.07, 6.45) is 2.77. The lowest BCUT2D eigenvalue weighted by molar-refractivity contribution is 0.264. The topological polar surface area (TPSA) is 37.2 Å². The van der Waals surface area contributed by atoms with Crippen LogP contribution in [0.25, 0.3) is 0 Å². The van der Waals surface area contributed by atoms with E-state index < -0.39 is 0 Å². The average molecular weight is 244 g/mol. The predicted molar refractivity (Wildman–Crippen MR) is 73.1 cm³/mol. The van der Waals surface area contributed by atoms with Gasteiger partial charge in [-0.1, -0.05) is 30.3 Å². The summed E-state index contributed by atoms with van der Waals surface area (Å²) >= 11 is 0. The van der Waals surface area contributed by atoms with Crippen molar-refractivity contribution in [3.63, 3.8) is 0 Å². The Labute approximate surface area is 108 Å². The molecule has 0 radical (unpaired) electrons. The van der Waals surface area contributed by atoms with Crippen LogP contribution in [0.1, 0.15) is 23.7 Å². The van der Waals surface area contributed by atoms with E-state index in [0.717, 1.165) is 13.0 Å². The third kappa shape index (κ3) is 3.22. The summed E-state index contributed by atoms with van der Waals surface area (Å²) in [5.41, 5.74) is 2.47. The minimum absolute atomic E-state index is 0.194. The van der Waals surface area contributed by atoms with Crippen LogP contribution in [0.2, 0.25) is 0 Å². The van der Waals surface area contributed by atoms with E-state index in [4.69, 9.17) is 5.11 Å². The third-order valence-electron chi connectivity index (χ3n) is 3.20. The largest absolute Gasteiger partial charge is 0.396 e. The maximum absolute atomic E-state index is 9.16. The van der Waals surface area contributed by atoms with Gasteiger partial charge in [-0.2, -0.15) is 0 Å². The first-order valence-corrected chi connectivity index (χ1v) is 6.30. The second kappa shape index (κ2) is 6.38. The van der Waals surface area contributed by atoms with Gasteiger partial charge >= 0.3 is 0 Å². The summed E-state index contributed by atoms with van der Waals surface area (Å²) in [6.45, 7) is 1.00. The standard InChI is InChI=1S/C15H20N2O/c1-17-10-5-8-14(17)12-16-15(9-11-18)13-6-3-2-4-7-13/h2-8,10,15-16,18H,9,11-12H2,1H3.